The van der Waals surface area contributed by atoms with Crippen molar-refractivity contribution >= 4 is 45.7 Å². The number of halogens is 2. The second kappa shape index (κ2) is 6.25. The van der Waals surface area contributed by atoms with E-state index in [0.29, 0.717) is 26.2 Å². The summed E-state index contributed by atoms with van der Waals surface area (Å²) in [6.45, 7) is 0. The van der Waals surface area contributed by atoms with Crippen molar-refractivity contribution in [1.82, 2.24) is 9.97 Å². The monoisotopic (exact) mass is 391 g/mol. The zero-order valence-corrected chi connectivity index (χ0v) is 13.2. The highest BCUT2D eigenvalue weighted by Crippen LogP contribution is 2.32. The average Bonchev–Trinajstić information content (AvgIpc) is 2.43. The molecule has 0 saturated carbocycles. The summed E-state index contributed by atoms with van der Waals surface area (Å²) >= 11 is 8.07. The third-order valence-electron chi connectivity index (χ3n) is 2.38. The van der Waals surface area contributed by atoms with Gasteiger partial charge in [0.1, 0.15) is 16.5 Å². The van der Waals surface area contributed by atoms with Crippen LogP contribution in [0, 0.1) is 3.83 Å². The molecule has 0 bridgehead atoms. The topological polar surface area (TPSA) is 56.3 Å². The Morgan fingerprint density at radius 3 is 2.74 bits per heavy atom. The van der Waals surface area contributed by atoms with Gasteiger partial charge in [0.25, 0.3) is 0 Å². The highest BCUT2D eigenvalue weighted by Gasteiger charge is 2.09. The highest BCUT2D eigenvalue weighted by atomic mass is 127. The van der Waals surface area contributed by atoms with Crippen LogP contribution in [0.5, 0.6) is 11.5 Å². The highest BCUT2D eigenvalue weighted by molar-refractivity contribution is 14.1. The van der Waals surface area contributed by atoms with E-state index in [4.69, 9.17) is 21.1 Å². The Bertz CT molecular complexity index is 595. The van der Waals surface area contributed by atoms with Gasteiger partial charge in [0.15, 0.2) is 9.65 Å². The maximum absolute atomic E-state index is 6.04. The molecule has 1 aromatic heterocycles. The summed E-state index contributed by atoms with van der Waals surface area (Å²) < 4.78 is 11.1. The van der Waals surface area contributed by atoms with Crippen molar-refractivity contribution in [2.24, 2.45) is 0 Å². The van der Waals surface area contributed by atoms with Crippen LogP contribution in [-0.4, -0.2) is 24.2 Å². The van der Waals surface area contributed by atoms with E-state index in [2.05, 4.69) is 15.3 Å². The number of rotatable bonds is 4. The van der Waals surface area contributed by atoms with Crippen LogP contribution in [0.25, 0.3) is 0 Å². The Balaban J connectivity index is 2.35. The van der Waals surface area contributed by atoms with Gasteiger partial charge in [-0.3, -0.25) is 0 Å². The van der Waals surface area contributed by atoms with Crippen molar-refractivity contribution < 1.29 is 9.47 Å². The summed E-state index contributed by atoms with van der Waals surface area (Å²) in [7, 11) is 3.19. The first-order chi connectivity index (χ1) is 9.13. The van der Waals surface area contributed by atoms with E-state index in [1.54, 1.807) is 26.5 Å². The number of aromatic nitrogens is 2. The Morgan fingerprint density at radius 2 is 2.05 bits per heavy atom. The summed E-state index contributed by atoms with van der Waals surface area (Å²) in [5.74, 6) is 1.89. The fourth-order valence-corrected chi connectivity index (χ4v) is 1.98. The standard InChI is InChI=1S/C12H11ClIN3O2/c1-18-7-3-4-9(10(5-7)19-2)16-11-8(13)6-15-12(14)17-11/h3-6H,1-2H3,(H,15,16,17). The lowest BCUT2D eigenvalue weighted by atomic mass is 10.2. The molecule has 0 amide bonds. The van der Waals surface area contributed by atoms with Crippen molar-refractivity contribution in [2.75, 3.05) is 19.5 Å². The van der Waals surface area contributed by atoms with Crippen LogP contribution in [0.2, 0.25) is 5.02 Å². The summed E-state index contributed by atoms with van der Waals surface area (Å²) in [5, 5.41) is 3.56. The molecule has 0 saturated heterocycles. The molecule has 5 nitrogen and oxygen atoms in total. The first-order valence-corrected chi connectivity index (χ1v) is 6.77. The third kappa shape index (κ3) is 3.38. The maximum Gasteiger partial charge on any atom is 0.192 e. The fourth-order valence-electron chi connectivity index (χ4n) is 1.46. The van der Waals surface area contributed by atoms with E-state index < -0.39 is 0 Å². The molecule has 7 heteroatoms. The minimum absolute atomic E-state index is 0.443. The number of methoxy groups -OCH3 is 2. The maximum atomic E-state index is 6.04. The molecule has 0 unspecified atom stereocenters. The molecule has 1 N–H and O–H groups in total. The number of nitrogens with one attached hydrogen (secondary N) is 1. The SMILES string of the molecule is COc1ccc(Nc2nc(I)ncc2Cl)c(OC)c1. The molecular formula is C12H11ClIN3O2. The van der Waals surface area contributed by atoms with Crippen molar-refractivity contribution in [2.45, 2.75) is 0 Å². The van der Waals surface area contributed by atoms with Crippen molar-refractivity contribution in [3.63, 3.8) is 0 Å². The predicted octanol–water partition coefficient (Wildman–Crippen LogP) is 3.50. The fraction of sp³-hybridized carbons (Fsp3) is 0.167. The quantitative estimate of drug-likeness (QED) is 0.639. The van der Waals surface area contributed by atoms with Gasteiger partial charge < -0.3 is 14.8 Å². The van der Waals surface area contributed by atoms with Gasteiger partial charge in [0.2, 0.25) is 0 Å². The van der Waals surface area contributed by atoms with Gasteiger partial charge in [0.05, 0.1) is 26.1 Å². The smallest absolute Gasteiger partial charge is 0.192 e. The van der Waals surface area contributed by atoms with Crippen LogP contribution in [0.15, 0.2) is 24.4 Å². The normalized spacial score (nSPS) is 10.1. The Kier molecular flexibility index (Phi) is 4.65. The molecule has 0 aliphatic heterocycles. The number of ether oxygens (including phenoxy) is 2. The van der Waals surface area contributed by atoms with E-state index in [9.17, 15) is 0 Å². The van der Waals surface area contributed by atoms with Gasteiger partial charge in [-0.25, -0.2) is 9.97 Å². The Morgan fingerprint density at radius 1 is 1.26 bits per heavy atom. The molecule has 0 radical (unpaired) electrons. The summed E-state index contributed by atoms with van der Waals surface area (Å²) in [6.07, 6.45) is 1.55. The molecule has 0 spiro atoms. The molecule has 0 aliphatic carbocycles. The van der Waals surface area contributed by atoms with Crippen LogP contribution in [0.4, 0.5) is 11.5 Å². The molecule has 19 heavy (non-hydrogen) atoms. The zero-order chi connectivity index (χ0) is 13.8. The lowest BCUT2D eigenvalue weighted by molar-refractivity contribution is 0.395. The minimum atomic E-state index is 0.443. The minimum Gasteiger partial charge on any atom is -0.497 e. The molecule has 1 heterocycles. The van der Waals surface area contributed by atoms with Crippen LogP contribution >= 0.6 is 34.2 Å². The molecule has 0 atom stereocenters. The molecule has 2 rings (SSSR count). The third-order valence-corrected chi connectivity index (χ3v) is 3.17. The number of hydrogen-bond acceptors (Lipinski definition) is 5. The summed E-state index contributed by atoms with van der Waals surface area (Å²) in [6, 6.07) is 5.44. The first kappa shape index (κ1) is 14.1. The molecule has 0 fully saturated rings. The van der Waals surface area contributed by atoms with E-state index in [-0.39, 0.29) is 0 Å². The lowest BCUT2D eigenvalue weighted by Crippen LogP contribution is -2.00. The molecule has 1 aromatic carbocycles. The van der Waals surface area contributed by atoms with Gasteiger partial charge in [-0.1, -0.05) is 11.6 Å². The van der Waals surface area contributed by atoms with Crippen molar-refractivity contribution in [3.8, 4) is 11.5 Å². The molecule has 2 aromatic rings. The second-order valence-electron chi connectivity index (χ2n) is 3.53. The van der Waals surface area contributed by atoms with Crippen molar-refractivity contribution in [3.05, 3.63) is 33.2 Å². The first-order valence-electron chi connectivity index (χ1n) is 5.31. The van der Waals surface area contributed by atoms with Crippen LogP contribution in [0.1, 0.15) is 0 Å². The number of benzene rings is 1. The predicted molar refractivity (Wildman–Crippen MR) is 82.6 cm³/mol. The van der Waals surface area contributed by atoms with E-state index in [0.717, 1.165) is 5.69 Å². The van der Waals surface area contributed by atoms with Gasteiger partial charge in [-0.05, 0) is 12.1 Å². The second-order valence-corrected chi connectivity index (χ2v) is 4.90. The number of nitrogens with zero attached hydrogens (tertiary/aromatic N) is 2. The number of hydrogen-bond donors (Lipinski definition) is 1. The van der Waals surface area contributed by atoms with Crippen molar-refractivity contribution in [1.29, 1.82) is 0 Å². The Labute approximate surface area is 129 Å². The van der Waals surface area contributed by atoms with Gasteiger partial charge in [-0.15, -0.1) is 0 Å². The van der Waals surface area contributed by atoms with Gasteiger partial charge in [0, 0.05) is 28.7 Å². The molecular weight excluding hydrogens is 381 g/mol. The zero-order valence-electron chi connectivity index (χ0n) is 10.3. The average molecular weight is 392 g/mol. The van der Waals surface area contributed by atoms with Crippen LogP contribution in [-0.2, 0) is 0 Å². The Hall–Kier alpha value is -1.28. The van der Waals surface area contributed by atoms with E-state index >= 15 is 0 Å². The van der Waals surface area contributed by atoms with Crippen LogP contribution < -0.4 is 14.8 Å². The van der Waals surface area contributed by atoms with E-state index in [1.807, 2.05) is 34.7 Å². The summed E-state index contributed by atoms with van der Waals surface area (Å²) in [4.78, 5) is 8.24. The number of anilines is 2. The lowest BCUT2D eigenvalue weighted by Gasteiger charge is -2.12. The molecule has 0 aliphatic rings. The largest absolute Gasteiger partial charge is 0.497 e. The van der Waals surface area contributed by atoms with E-state index in [1.165, 1.54) is 0 Å². The van der Waals surface area contributed by atoms with Gasteiger partial charge >= 0.3 is 0 Å². The summed E-state index contributed by atoms with van der Waals surface area (Å²) in [5.41, 5.74) is 0.750. The van der Waals surface area contributed by atoms with Gasteiger partial charge in [-0.2, -0.15) is 0 Å². The van der Waals surface area contributed by atoms with Crippen LogP contribution in [0.3, 0.4) is 0 Å². The molecule has 100 valence electrons.